The van der Waals surface area contributed by atoms with E-state index in [-0.39, 0.29) is 15.2 Å². The number of ether oxygens (including phenoxy) is 1. The molecular formula is C26H26INO4S. The molecule has 33 heavy (non-hydrogen) atoms. The van der Waals surface area contributed by atoms with E-state index in [0.717, 1.165) is 16.7 Å². The number of hydrogen-bond donors (Lipinski definition) is 0. The molecule has 1 aliphatic heterocycles. The third-order valence-corrected chi connectivity index (χ3v) is 9.26. The topological polar surface area (TPSA) is 63.7 Å². The number of aryl methyl sites for hydroxylation is 1. The smallest absolute Gasteiger partial charge is 0.327 e. The Morgan fingerprint density at radius 1 is 1.00 bits per heavy atom. The summed E-state index contributed by atoms with van der Waals surface area (Å²) in [6, 6.07) is 25.3. The van der Waals surface area contributed by atoms with Gasteiger partial charge in [-0.3, -0.25) is 4.79 Å². The SMILES string of the molecule is COC(=O)[C@@]1(Cc2ccccc2)C[C@H](I)[C@@H](c2ccccc2)N1S(=O)(=O)c1ccc(C)cc1. The molecule has 0 aliphatic carbocycles. The van der Waals surface area contributed by atoms with E-state index in [2.05, 4.69) is 22.6 Å². The van der Waals surface area contributed by atoms with E-state index in [1.54, 1.807) is 24.3 Å². The molecule has 0 spiro atoms. The summed E-state index contributed by atoms with van der Waals surface area (Å²) in [5, 5.41) is 0. The van der Waals surface area contributed by atoms with E-state index in [9.17, 15) is 13.2 Å². The molecule has 0 radical (unpaired) electrons. The van der Waals surface area contributed by atoms with Gasteiger partial charge in [0.1, 0.15) is 5.54 Å². The number of rotatable bonds is 6. The van der Waals surface area contributed by atoms with Crippen molar-refractivity contribution in [3.05, 3.63) is 102 Å². The van der Waals surface area contributed by atoms with Crippen LogP contribution in [0.1, 0.15) is 29.2 Å². The minimum absolute atomic E-state index is 0.131. The minimum Gasteiger partial charge on any atom is -0.468 e. The number of carbonyl (C=O) groups excluding carboxylic acids is 1. The summed E-state index contributed by atoms with van der Waals surface area (Å²) >= 11 is 2.28. The monoisotopic (exact) mass is 575 g/mol. The number of benzene rings is 3. The molecule has 1 heterocycles. The van der Waals surface area contributed by atoms with Gasteiger partial charge in [-0.2, -0.15) is 4.31 Å². The largest absolute Gasteiger partial charge is 0.468 e. The van der Waals surface area contributed by atoms with E-state index in [1.807, 2.05) is 67.6 Å². The Morgan fingerprint density at radius 2 is 1.58 bits per heavy atom. The maximum absolute atomic E-state index is 14.2. The first-order valence-corrected chi connectivity index (χ1v) is 13.4. The Balaban J connectivity index is 1.95. The third kappa shape index (κ3) is 4.46. The normalized spacial score (nSPS) is 23.4. The van der Waals surface area contributed by atoms with Crippen LogP contribution in [0.15, 0.2) is 89.8 Å². The van der Waals surface area contributed by atoms with Crippen LogP contribution >= 0.6 is 22.6 Å². The highest BCUT2D eigenvalue weighted by Crippen LogP contribution is 2.51. The van der Waals surface area contributed by atoms with Gasteiger partial charge in [-0.25, -0.2) is 8.42 Å². The van der Waals surface area contributed by atoms with Crippen LogP contribution in [0.2, 0.25) is 0 Å². The number of esters is 1. The first-order chi connectivity index (χ1) is 15.8. The van der Waals surface area contributed by atoms with Crippen LogP contribution in [-0.4, -0.2) is 35.3 Å². The molecule has 0 bridgehead atoms. The summed E-state index contributed by atoms with van der Waals surface area (Å²) in [5.74, 6) is -0.540. The fraction of sp³-hybridized carbons (Fsp3) is 0.269. The van der Waals surface area contributed by atoms with E-state index in [4.69, 9.17) is 4.74 Å². The van der Waals surface area contributed by atoms with Crippen LogP contribution < -0.4 is 0 Å². The number of sulfonamides is 1. The Kier molecular flexibility index (Phi) is 6.93. The predicted octanol–water partition coefficient (Wildman–Crippen LogP) is 5.09. The molecule has 172 valence electrons. The Bertz CT molecular complexity index is 1220. The molecule has 1 aliphatic rings. The van der Waals surface area contributed by atoms with E-state index in [0.29, 0.717) is 6.42 Å². The maximum atomic E-state index is 14.2. The highest BCUT2D eigenvalue weighted by atomic mass is 127. The summed E-state index contributed by atoms with van der Waals surface area (Å²) in [6.07, 6.45) is 0.578. The molecule has 0 N–H and O–H groups in total. The highest BCUT2D eigenvalue weighted by Gasteiger charge is 2.61. The molecule has 1 fully saturated rings. The van der Waals surface area contributed by atoms with Gasteiger partial charge >= 0.3 is 5.97 Å². The molecule has 0 amide bonds. The van der Waals surface area contributed by atoms with Crippen molar-refractivity contribution in [2.24, 2.45) is 0 Å². The van der Waals surface area contributed by atoms with E-state index in [1.165, 1.54) is 11.4 Å². The number of hydrogen-bond acceptors (Lipinski definition) is 4. The lowest BCUT2D eigenvalue weighted by molar-refractivity contribution is -0.151. The molecule has 5 nitrogen and oxygen atoms in total. The van der Waals surface area contributed by atoms with Gasteiger partial charge in [0.25, 0.3) is 0 Å². The molecule has 3 aromatic rings. The standard InChI is InChI=1S/C26H26INO4S/c1-19-13-15-22(16-14-19)33(30,31)28-24(21-11-7-4-8-12-21)23(27)18-26(28,25(29)32-2)17-20-9-5-3-6-10-20/h3-16,23-24H,17-18H2,1-2H3/t23-,24+,26+/m0/s1. The van der Waals surface area contributed by atoms with Gasteiger partial charge in [0.2, 0.25) is 10.0 Å². The fourth-order valence-electron chi connectivity index (χ4n) is 4.65. The summed E-state index contributed by atoms with van der Waals surface area (Å²) in [4.78, 5) is 13.6. The summed E-state index contributed by atoms with van der Waals surface area (Å²) < 4.78 is 35.0. The second kappa shape index (κ2) is 9.56. The summed E-state index contributed by atoms with van der Waals surface area (Å²) in [7, 11) is -2.72. The number of alkyl halides is 1. The van der Waals surface area contributed by atoms with Crippen molar-refractivity contribution in [3.8, 4) is 0 Å². The lowest BCUT2D eigenvalue weighted by Crippen LogP contribution is -2.55. The van der Waals surface area contributed by atoms with Crippen molar-refractivity contribution in [2.45, 2.75) is 40.2 Å². The predicted molar refractivity (Wildman–Crippen MR) is 137 cm³/mol. The molecule has 3 atom stereocenters. The molecule has 0 aromatic heterocycles. The molecular weight excluding hydrogens is 549 g/mol. The Hall–Kier alpha value is -2.23. The lowest BCUT2D eigenvalue weighted by Gasteiger charge is -2.38. The van der Waals surface area contributed by atoms with E-state index >= 15 is 0 Å². The average molecular weight is 575 g/mol. The number of halogens is 1. The zero-order chi connectivity index (χ0) is 23.6. The van der Waals surface area contributed by atoms with Crippen molar-refractivity contribution < 1.29 is 17.9 Å². The van der Waals surface area contributed by atoms with Crippen LogP contribution in [0.5, 0.6) is 0 Å². The third-order valence-electron chi connectivity index (χ3n) is 6.17. The maximum Gasteiger partial charge on any atom is 0.327 e. The van der Waals surface area contributed by atoms with E-state index < -0.39 is 27.6 Å². The van der Waals surface area contributed by atoms with Gasteiger partial charge in [0.05, 0.1) is 18.0 Å². The average Bonchev–Trinajstić information content (AvgIpc) is 3.13. The minimum atomic E-state index is -4.04. The van der Waals surface area contributed by atoms with Gasteiger partial charge < -0.3 is 4.74 Å². The lowest BCUT2D eigenvalue weighted by atomic mass is 9.89. The molecule has 1 saturated heterocycles. The number of carbonyl (C=O) groups is 1. The summed E-state index contributed by atoms with van der Waals surface area (Å²) in [5.41, 5.74) is 1.33. The Morgan fingerprint density at radius 3 is 2.15 bits per heavy atom. The van der Waals surface area contributed by atoms with Crippen molar-refractivity contribution in [3.63, 3.8) is 0 Å². The zero-order valence-corrected chi connectivity index (χ0v) is 21.5. The Labute approximate surface area is 209 Å². The molecule has 7 heteroatoms. The first kappa shape index (κ1) is 23.9. The molecule has 0 saturated carbocycles. The van der Waals surface area contributed by atoms with Gasteiger partial charge in [-0.15, -0.1) is 0 Å². The van der Waals surface area contributed by atoms with Crippen LogP contribution in [0.25, 0.3) is 0 Å². The molecule has 4 rings (SSSR count). The highest BCUT2D eigenvalue weighted by molar-refractivity contribution is 14.1. The zero-order valence-electron chi connectivity index (χ0n) is 18.5. The number of methoxy groups -OCH3 is 1. The van der Waals surface area contributed by atoms with Crippen LogP contribution in [0, 0.1) is 6.92 Å². The first-order valence-electron chi connectivity index (χ1n) is 10.7. The van der Waals surface area contributed by atoms with Gasteiger partial charge in [0, 0.05) is 10.3 Å². The van der Waals surface area contributed by atoms with Crippen molar-refractivity contribution in [2.75, 3.05) is 7.11 Å². The van der Waals surface area contributed by atoms with Crippen molar-refractivity contribution >= 4 is 38.6 Å². The van der Waals surface area contributed by atoms with Crippen LogP contribution in [0.3, 0.4) is 0 Å². The molecule has 3 aromatic carbocycles. The molecule has 0 unspecified atom stereocenters. The quantitative estimate of drug-likeness (QED) is 0.234. The van der Waals surface area contributed by atoms with Crippen LogP contribution in [-0.2, 0) is 26.0 Å². The van der Waals surface area contributed by atoms with Gasteiger partial charge in [0.15, 0.2) is 0 Å². The van der Waals surface area contributed by atoms with Crippen molar-refractivity contribution in [1.29, 1.82) is 0 Å². The fourth-order valence-corrected chi connectivity index (χ4v) is 8.29. The summed E-state index contributed by atoms with van der Waals surface area (Å²) in [6.45, 7) is 1.91. The second-order valence-corrected chi connectivity index (χ2v) is 11.8. The van der Waals surface area contributed by atoms with Gasteiger partial charge in [-0.05, 0) is 36.6 Å². The second-order valence-electron chi connectivity index (χ2n) is 8.38. The number of nitrogens with zero attached hydrogens (tertiary/aromatic N) is 1. The van der Waals surface area contributed by atoms with Crippen molar-refractivity contribution in [1.82, 2.24) is 4.31 Å². The van der Waals surface area contributed by atoms with Gasteiger partial charge in [-0.1, -0.05) is 101 Å². The van der Waals surface area contributed by atoms with Crippen LogP contribution in [0.4, 0.5) is 0 Å².